The normalized spacial score (nSPS) is 13.7. The zero-order valence-corrected chi connectivity index (χ0v) is 8.52. The van der Waals surface area contributed by atoms with Crippen LogP contribution in [0.15, 0.2) is 0 Å². The first-order valence-corrected chi connectivity index (χ1v) is 6.77. The molecule has 0 aliphatic rings. The molecule has 8 heteroatoms. The minimum atomic E-state index is -3.72. The monoisotopic (exact) mass is 216 g/mol. The molecule has 0 unspecified atom stereocenters. The standard InChI is InChI=1S/C4H12N2O4S2/c1-11(7,8)6(4-3-5)12(2,9)10/h3-5H2,1-2H3. The second kappa shape index (κ2) is 3.69. The predicted molar refractivity (Wildman–Crippen MR) is 45.4 cm³/mol. The Kier molecular flexibility index (Phi) is 3.63. The lowest BCUT2D eigenvalue weighted by atomic mass is 10.7. The van der Waals surface area contributed by atoms with Gasteiger partial charge in [0.1, 0.15) is 0 Å². The molecule has 0 aromatic heterocycles. The maximum Gasteiger partial charge on any atom is 0.224 e. The summed E-state index contributed by atoms with van der Waals surface area (Å²) in [6.07, 6.45) is 1.65. The van der Waals surface area contributed by atoms with Crippen LogP contribution in [0.2, 0.25) is 0 Å². The third kappa shape index (κ3) is 3.48. The molecule has 0 saturated carbocycles. The zero-order valence-electron chi connectivity index (χ0n) is 6.89. The molecule has 0 aromatic carbocycles. The molecule has 74 valence electrons. The van der Waals surface area contributed by atoms with E-state index in [4.69, 9.17) is 5.73 Å². The van der Waals surface area contributed by atoms with Crippen LogP contribution >= 0.6 is 0 Å². The second-order valence-corrected chi connectivity index (χ2v) is 6.36. The highest BCUT2D eigenvalue weighted by Gasteiger charge is 2.25. The summed E-state index contributed by atoms with van der Waals surface area (Å²) in [5.74, 6) is 0. The Bertz CT molecular complexity index is 298. The third-order valence-electron chi connectivity index (χ3n) is 1.05. The fraction of sp³-hybridized carbons (Fsp3) is 1.00. The fourth-order valence-electron chi connectivity index (χ4n) is 0.683. The van der Waals surface area contributed by atoms with Crippen molar-refractivity contribution in [3.05, 3.63) is 0 Å². The highest BCUT2D eigenvalue weighted by molar-refractivity contribution is 8.03. The zero-order chi connectivity index (χ0) is 9.99. The first-order valence-electron chi connectivity index (χ1n) is 3.07. The maximum atomic E-state index is 10.9. The lowest BCUT2D eigenvalue weighted by molar-refractivity contribution is 0.508. The molecular weight excluding hydrogens is 204 g/mol. The van der Waals surface area contributed by atoms with Crippen molar-refractivity contribution in [1.82, 2.24) is 3.71 Å². The summed E-state index contributed by atoms with van der Waals surface area (Å²) in [5, 5.41) is 0. The number of hydrogen-bond acceptors (Lipinski definition) is 5. The van der Waals surface area contributed by atoms with E-state index in [0.29, 0.717) is 3.71 Å². The van der Waals surface area contributed by atoms with E-state index < -0.39 is 20.0 Å². The Balaban J connectivity index is 4.97. The number of hydrogen-bond donors (Lipinski definition) is 1. The van der Waals surface area contributed by atoms with Gasteiger partial charge in [0.2, 0.25) is 20.0 Å². The largest absolute Gasteiger partial charge is 0.329 e. The van der Waals surface area contributed by atoms with E-state index in [1.165, 1.54) is 0 Å². The number of nitrogens with zero attached hydrogens (tertiary/aromatic N) is 1. The van der Waals surface area contributed by atoms with E-state index in [9.17, 15) is 16.8 Å². The van der Waals surface area contributed by atoms with Crippen molar-refractivity contribution >= 4 is 20.0 Å². The van der Waals surface area contributed by atoms with Crippen molar-refractivity contribution in [3.8, 4) is 0 Å². The van der Waals surface area contributed by atoms with Gasteiger partial charge < -0.3 is 5.73 Å². The highest BCUT2D eigenvalue weighted by Crippen LogP contribution is 2.02. The quantitative estimate of drug-likeness (QED) is 0.596. The molecular formula is C4H12N2O4S2. The van der Waals surface area contributed by atoms with Gasteiger partial charge in [-0.2, -0.15) is 0 Å². The second-order valence-electron chi connectivity index (χ2n) is 2.31. The van der Waals surface area contributed by atoms with Crippen LogP contribution in [-0.2, 0) is 20.0 Å². The Labute approximate surface area is 72.5 Å². The first kappa shape index (κ1) is 11.8. The molecule has 12 heavy (non-hydrogen) atoms. The molecule has 6 nitrogen and oxygen atoms in total. The van der Waals surface area contributed by atoms with Crippen LogP contribution in [-0.4, -0.2) is 46.1 Å². The van der Waals surface area contributed by atoms with Crippen LogP contribution in [0.3, 0.4) is 0 Å². The van der Waals surface area contributed by atoms with Gasteiger partial charge in [-0.15, -0.1) is 0 Å². The van der Waals surface area contributed by atoms with Gasteiger partial charge in [0.25, 0.3) is 0 Å². The number of nitrogens with two attached hydrogens (primary N) is 1. The molecule has 2 N–H and O–H groups in total. The van der Waals surface area contributed by atoms with Gasteiger partial charge in [0.15, 0.2) is 0 Å². The average Bonchev–Trinajstić information content (AvgIpc) is 1.77. The molecule has 0 aliphatic heterocycles. The summed E-state index contributed by atoms with van der Waals surface area (Å²) < 4.78 is 43.8. The molecule has 0 bridgehead atoms. The topological polar surface area (TPSA) is 97.5 Å². The number of sulfonamides is 2. The van der Waals surface area contributed by atoms with Crippen molar-refractivity contribution in [3.63, 3.8) is 0 Å². The molecule has 0 heterocycles. The van der Waals surface area contributed by atoms with Crippen molar-refractivity contribution in [2.75, 3.05) is 25.6 Å². The molecule has 0 saturated heterocycles. The van der Waals surface area contributed by atoms with Crippen LogP contribution in [0.1, 0.15) is 0 Å². The molecule has 0 aromatic rings. The van der Waals surface area contributed by atoms with E-state index in [0.717, 1.165) is 12.5 Å². The molecule has 0 atom stereocenters. The van der Waals surface area contributed by atoms with Gasteiger partial charge in [-0.05, 0) is 0 Å². The van der Waals surface area contributed by atoms with Gasteiger partial charge in [-0.3, -0.25) is 0 Å². The van der Waals surface area contributed by atoms with E-state index in [1.807, 2.05) is 0 Å². The minimum Gasteiger partial charge on any atom is -0.329 e. The highest BCUT2D eigenvalue weighted by atomic mass is 32.3. The Morgan fingerprint density at radius 2 is 1.42 bits per heavy atom. The molecule has 0 radical (unpaired) electrons. The van der Waals surface area contributed by atoms with Crippen LogP contribution in [0, 0.1) is 0 Å². The van der Waals surface area contributed by atoms with Gasteiger partial charge >= 0.3 is 0 Å². The average molecular weight is 216 g/mol. The van der Waals surface area contributed by atoms with Gasteiger partial charge in [0.05, 0.1) is 12.5 Å². The Morgan fingerprint density at radius 3 is 1.50 bits per heavy atom. The Hall–Kier alpha value is -0.180. The predicted octanol–water partition coefficient (Wildman–Crippen LogP) is -1.83. The van der Waals surface area contributed by atoms with Crippen molar-refractivity contribution < 1.29 is 16.8 Å². The van der Waals surface area contributed by atoms with E-state index >= 15 is 0 Å². The molecule has 0 aliphatic carbocycles. The fourth-order valence-corrected chi connectivity index (χ4v) is 3.52. The van der Waals surface area contributed by atoms with E-state index in [-0.39, 0.29) is 13.1 Å². The summed E-state index contributed by atoms with van der Waals surface area (Å²) in [5.41, 5.74) is 5.05. The van der Waals surface area contributed by atoms with Crippen LogP contribution in [0.5, 0.6) is 0 Å². The van der Waals surface area contributed by atoms with Crippen molar-refractivity contribution in [2.24, 2.45) is 5.73 Å². The van der Waals surface area contributed by atoms with Crippen LogP contribution < -0.4 is 5.73 Å². The smallest absolute Gasteiger partial charge is 0.224 e. The molecule has 0 spiro atoms. The lowest BCUT2D eigenvalue weighted by Crippen LogP contribution is -2.38. The summed E-state index contributed by atoms with van der Waals surface area (Å²) >= 11 is 0. The van der Waals surface area contributed by atoms with Gasteiger partial charge in [-0.25, -0.2) is 16.8 Å². The minimum absolute atomic E-state index is 0.0276. The summed E-state index contributed by atoms with van der Waals surface area (Å²) in [6, 6.07) is 0. The molecule has 0 amide bonds. The molecule has 0 rings (SSSR count). The Morgan fingerprint density at radius 1 is 1.08 bits per heavy atom. The summed E-state index contributed by atoms with van der Waals surface area (Å²) in [7, 11) is -7.44. The van der Waals surface area contributed by atoms with Crippen molar-refractivity contribution in [2.45, 2.75) is 0 Å². The summed E-state index contributed by atoms with van der Waals surface area (Å²) in [4.78, 5) is 0. The van der Waals surface area contributed by atoms with Crippen LogP contribution in [0.25, 0.3) is 0 Å². The van der Waals surface area contributed by atoms with Crippen LogP contribution in [0.4, 0.5) is 0 Å². The van der Waals surface area contributed by atoms with Crippen molar-refractivity contribution in [1.29, 1.82) is 0 Å². The van der Waals surface area contributed by atoms with E-state index in [2.05, 4.69) is 0 Å². The van der Waals surface area contributed by atoms with E-state index in [1.54, 1.807) is 0 Å². The first-order chi connectivity index (χ1) is 5.19. The van der Waals surface area contributed by atoms with Gasteiger partial charge in [0, 0.05) is 13.1 Å². The molecule has 0 fully saturated rings. The SMILES string of the molecule is CS(=O)(=O)N(CCN)S(C)(=O)=O. The maximum absolute atomic E-state index is 10.9. The van der Waals surface area contributed by atoms with Gasteiger partial charge in [-0.1, -0.05) is 3.71 Å². The lowest BCUT2D eigenvalue weighted by Gasteiger charge is -2.15. The number of rotatable bonds is 4. The third-order valence-corrected chi connectivity index (χ3v) is 4.52. The summed E-state index contributed by atoms with van der Waals surface area (Å²) in [6.45, 7) is -0.238.